The molecular formula is C25H15ClF3N7O2. The van der Waals surface area contributed by atoms with E-state index in [1.807, 2.05) is 6.07 Å². The average molecular weight is 538 g/mol. The number of aromatic nitrogens is 6. The molecule has 0 spiro atoms. The van der Waals surface area contributed by atoms with Gasteiger partial charge in [0.1, 0.15) is 17.5 Å². The fraction of sp³-hybridized carbons (Fsp3) is 0.120. The molecule has 38 heavy (non-hydrogen) atoms. The summed E-state index contributed by atoms with van der Waals surface area (Å²) in [6.45, 7) is -0.199. The molecular weight excluding hydrogens is 523 g/mol. The summed E-state index contributed by atoms with van der Waals surface area (Å²) in [6.07, 6.45) is -2.19. The van der Waals surface area contributed by atoms with Gasteiger partial charge in [0.05, 0.1) is 12.1 Å². The van der Waals surface area contributed by atoms with Crippen molar-refractivity contribution < 1.29 is 13.2 Å². The van der Waals surface area contributed by atoms with E-state index in [0.717, 1.165) is 26.1 Å². The molecule has 0 fully saturated rings. The molecule has 4 aromatic heterocycles. The lowest BCUT2D eigenvalue weighted by Gasteiger charge is -2.13. The number of fused-ring (bicyclic) bond motifs is 1. The van der Waals surface area contributed by atoms with Crippen LogP contribution in [0.3, 0.4) is 0 Å². The number of pyridine rings is 2. The van der Waals surface area contributed by atoms with Crippen LogP contribution in [0.5, 0.6) is 0 Å². The highest BCUT2D eigenvalue weighted by molar-refractivity contribution is 6.30. The van der Waals surface area contributed by atoms with Crippen LogP contribution in [-0.4, -0.2) is 28.9 Å². The number of alkyl halides is 3. The largest absolute Gasteiger partial charge is 0.433 e. The third-order valence-corrected chi connectivity index (χ3v) is 6.09. The summed E-state index contributed by atoms with van der Waals surface area (Å²) in [4.78, 5) is 34.4. The second kappa shape index (κ2) is 9.28. The van der Waals surface area contributed by atoms with Gasteiger partial charge >= 0.3 is 11.9 Å². The molecule has 0 N–H and O–H groups in total. The monoisotopic (exact) mass is 537 g/mol. The maximum atomic E-state index is 13.6. The van der Waals surface area contributed by atoms with Crippen molar-refractivity contribution in [3.63, 3.8) is 0 Å². The number of rotatable bonds is 4. The van der Waals surface area contributed by atoms with E-state index in [9.17, 15) is 28.0 Å². The molecule has 5 rings (SSSR count). The van der Waals surface area contributed by atoms with Crippen LogP contribution < -0.4 is 11.2 Å². The van der Waals surface area contributed by atoms with Crippen LogP contribution in [0.15, 0.2) is 70.5 Å². The lowest BCUT2D eigenvalue weighted by molar-refractivity contribution is -0.141. The quantitative estimate of drug-likeness (QED) is 0.344. The Labute approximate surface area is 216 Å². The first kappa shape index (κ1) is 24.9. The summed E-state index contributed by atoms with van der Waals surface area (Å²) >= 11 is 6.04. The Morgan fingerprint density at radius 2 is 1.74 bits per heavy atom. The lowest BCUT2D eigenvalue weighted by Crippen LogP contribution is -2.33. The van der Waals surface area contributed by atoms with E-state index in [0.29, 0.717) is 21.7 Å². The SMILES string of the molecule is Cn1c(=O)c(-c2ccc(Cl)cc2)c(-c2ccnc(C#N)c2)c2nn(Cc3ccc(C(F)(F)F)nc3)c(=O)n21. The van der Waals surface area contributed by atoms with E-state index in [4.69, 9.17) is 11.6 Å². The Morgan fingerprint density at radius 3 is 2.37 bits per heavy atom. The summed E-state index contributed by atoms with van der Waals surface area (Å²) < 4.78 is 41.9. The zero-order valence-electron chi connectivity index (χ0n) is 19.4. The third kappa shape index (κ3) is 4.33. The van der Waals surface area contributed by atoms with Gasteiger partial charge in [0, 0.05) is 30.0 Å². The smallest absolute Gasteiger partial charge is 0.267 e. The van der Waals surface area contributed by atoms with Crippen molar-refractivity contribution in [2.75, 3.05) is 0 Å². The fourth-order valence-corrected chi connectivity index (χ4v) is 4.19. The third-order valence-electron chi connectivity index (χ3n) is 5.84. The van der Waals surface area contributed by atoms with Crippen LogP contribution in [-0.2, 0) is 19.8 Å². The van der Waals surface area contributed by atoms with E-state index in [-0.39, 0.29) is 29.0 Å². The van der Waals surface area contributed by atoms with Crippen molar-refractivity contribution in [2.24, 2.45) is 7.05 Å². The maximum absolute atomic E-state index is 13.6. The Balaban J connectivity index is 1.77. The molecule has 0 aliphatic carbocycles. The number of hydrogen-bond acceptors (Lipinski definition) is 6. The van der Waals surface area contributed by atoms with Gasteiger partial charge in [0.2, 0.25) is 0 Å². The van der Waals surface area contributed by atoms with Gasteiger partial charge in [-0.15, -0.1) is 5.10 Å². The summed E-state index contributed by atoms with van der Waals surface area (Å²) in [5.74, 6) is 0. The van der Waals surface area contributed by atoms with E-state index >= 15 is 0 Å². The highest BCUT2D eigenvalue weighted by Gasteiger charge is 2.32. The number of aryl methyl sites for hydroxylation is 1. The normalized spacial score (nSPS) is 11.6. The van der Waals surface area contributed by atoms with Gasteiger partial charge in [-0.25, -0.2) is 19.1 Å². The molecule has 0 saturated carbocycles. The predicted molar refractivity (Wildman–Crippen MR) is 131 cm³/mol. The number of halogens is 4. The summed E-state index contributed by atoms with van der Waals surface area (Å²) in [7, 11) is 1.40. The van der Waals surface area contributed by atoms with Crippen molar-refractivity contribution in [2.45, 2.75) is 12.7 Å². The van der Waals surface area contributed by atoms with Crippen LogP contribution in [0.1, 0.15) is 17.0 Å². The highest BCUT2D eigenvalue weighted by Crippen LogP contribution is 2.33. The van der Waals surface area contributed by atoms with Crippen LogP contribution in [0.25, 0.3) is 27.9 Å². The van der Waals surface area contributed by atoms with Crippen LogP contribution >= 0.6 is 11.6 Å². The van der Waals surface area contributed by atoms with Gasteiger partial charge in [-0.05, 0) is 47.0 Å². The second-order valence-corrected chi connectivity index (χ2v) is 8.69. The molecule has 5 aromatic rings. The number of nitriles is 1. The van der Waals surface area contributed by atoms with Crippen molar-refractivity contribution >= 4 is 17.2 Å². The minimum Gasteiger partial charge on any atom is -0.267 e. The molecule has 9 nitrogen and oxygen atoms in total. The first-order valence-electron chi connectivity index (χ1n) is 11.0. The lowest BCUT2D eigenvalue weighted by atomic mass is 9.97. The zero-order valence-corrected chi connectivity index (χ0v) is 20.2. The fourth-order valence-electron chi connectivity index (χ4n) is 4.06. The molecule has 0 unspecified atom stereocenters. The van der Waals surface area contributed by atoms with E-state index in [1.54, 1.807) is 30.3 Å². The van der Waals surface area contributed by atoms with Crippen molar-refractivity contribution in [1.82, 2.24) is 28.9 Å². The number of nitrogens with zero attached hydrogens (tertiary/aromatic N) is 7. The van der Waals surface area contributed by atoms with Crippen LogP contribution in [0, 0.1) is 11.3 Å². The van der Waals surface area contributed by atoms with Crippen molar-refractivity contribution in [3.05, 3.63) is 104 Å². The Morgan fingerprint density at radius 1 is 1.00 bits per heavy atom. The zero-order chi connectivity index (χ0) is 27.2. The molecule has 0 atom stereocenters. The molecule has 0 saturated heterocycles. The van der Waals surface area contributed by atoms with Gasteiger partial charge in [-0.1, -0.05) is 29.8 Å². The van der Waals surface area contributed by atoms with Crippen molar-refractivity contribution in [1.29, 1.82) is 5.26 Å². The average Bonchev–Trinajstić information content (AvgIpc) is 3.22. The first-order chi connectivity index (χ1) is 18.1. The summed E-state index contributed by atoms with van der Waals surface area (Å²) in [6, 6.07) is 13.5. The highest BCUT2D eigenvalue weighted by atomic mass is 35.5. The van der Waals surface area contributed by atoms with Crippen LogP contribution in [0.4, 0.5) is 13.2 Å². The molecule has 190 valence electrons. The molecule has 4 heterocycles. The number of benzene rings is 1. The minimum absolute atomic E-state index is 0.0843. The molecule has 1 aromatic carbocycles. The second-order valence-electron chi connectivity index (χ2n) is 8.25. The Bertz CT molecular complexity index is 1850. The predicted octanol–water partition coefficient (Wildman–Crippen LogP) is 3.91. The van der Waals surface area contributed by atoms with Gasteiger partial charge in [0.15, 0.2) is 5.65 Å². The minimum atomic E-state index is -4.60. The molecule has 0 aliphatic heterocycles. The topological polar surface area (TPSA) is 111 Å². The molecule has 0 bridgehead atoms. The van der Waals surface area contributed by atoms with Gasteiger partial charge in [-0.3, -0.25) is 9.78 Å². The Hall–Kier alpha value is -4.76. The molecule has 0 aliphatic rings. The standard InChI is InChI=1S/C25H15ClF3N7O2/c1-34-23(37)21(15-3-5-17(26)6-4-15)20(16-8-9-31-18(10-16)11-30)22-33-35(24(38)36(22)34)13-14-2-7-19(32-12-14)25(27,28)29/h2-10,12H,13H2,1H3. The van der Waals surface area contributed by atoms with Gasteiger partial charge in [0.25, 0.3) is 5.56 Å². The summed E-state index contributed by atoms with van der Waals surface area (Å²) in [5.41, 5.74) is -0.417. The van der Waals surface area contributed by atoms with E-state index in [1.165, 1.54) is 25.4 Å². The molecule has 0 amide bonds. The maximum Gasteiger partial charge on any atom is 0.433 e. The molecule has 13 heteroatoms. The van der Waals surface area contributed by atoms with Gasteiger partial charge in [-0.2, -0.15) is 22.9 Å². The summed E-state index contributed by atoms with van der Waals surface area (Å²) in [5, 5.41) is 14.3. The first-order valence-corrected chi connectivity index (χ1v) is 11.3. The van der Waals surface area contributed by atoms with Crippen LogP contribution in [0.2, 0.25) is 5.02 Å². The van der Waals surface area contributed by atoms with E-state index < -0.39 is 23.1 Å². The van der Waals surface area contributed by atoms with Crippen molar-refractivity contribution in [3.8, 4) is 28.3 Å². The van der Waals surface area contributed by atoms with Gasteiger partial charge < -0.3 is 0 Å². The molecule has 0 radical (unpaired) electrons. The van der Waals surface area contributed by atoms with E-state index in [2.05, 4.69) is 15.1 Å². The number of hydrogen-bond donors (Lipinski definition) is 0. The Kier molecular flexibility index (Phi) is 6.08.